The Hall–Kier alpha value is -0.610. The van der Waals surface area contributed by atoms with Crippen LogP contribution in [-0.4, -0.2) is 42.4 Å². The average Bonchev–Trinajstić information content (AvgIpc) is 2.78. The van der Waals surface area contributed by atoms with Crippen molar-refractivity contribution in [1.29, 1.82) is 0 Å². The highest BCUT2D eigenvalue weighted by molar-refractivity contribution is 5.83. The quantitative estimate of drug-likeness (QED) is 0.489. The number of aliphatic hydroxyl groups is 2. The molecule has 1 aliphatic heterocycles. The molecule has 1 aliphatic carbocycles. The van der Waals surface area contributed by atoms with Gasteiger partial charge in [0.15, 0.2) is 0 Å². The Balaban J connectivity index is 1.94. The van der Waals surface area contributed by atoms with E-state index >= 15 is 0 Å². The van der Waals surface area contributed by atoms with Crippen LogP contribution in [0.5, 0.6) is 0 Å². The number of nitrogens with one attached hydrogen (secondary N) is 1. The minimum absolute atomic E-state index is 0.00321. The topological polar surface area (TPSA) is 64.9 Å². The molecule has 0 unspecified atom stereocenters. The molecule has 0 bridgehead atoms. The highest BCUT2D eigenvalue weighted by Crippen LogP contribution is 2.46. The predicted octanol–water partition coefficient (Wildman–Crippen LogP) is -1.17. The number of rotatable bonds is 2. The van der Waals surface area contributed by atoms with Gasteiger partial charge in [-0.15, -0.1) is 0 Å². The summed E-state index contributed by atoms with van der Waals surface area (Å²) in [6.45, 7) is 1.90. The molecule has 0 spiro atoms. The molecule has 1 saturated carbocycles. The fourth-order valence-electron chi connectivity index (χ4n) is 1.98. The zero-order chi connectivity index (χ0) is 8.55. The summed E-state index contributed by atoms with van der Waals surface area (Å²) in [6.07, 6.45) is 0. The minimum Gasteiger partial charge on any atom is -0.396 e. The maximum atomic E-state index is 8.93. The molecule has 68 valence electrons. The summed E-state index contributed by atoms with van der Waals surface area (Å²) in [6, 6.07) is 0. The second kappa shape index (κ2) is 3.03. The molecule has 0 aromatic heterocycles. The lowest BCUT2D eigenvalue weighted by molar-refractivity contribution is 0.263. The SMILES string of the molecule is OCC1=NC[C@H]2[C@@H](CO)[C@H]2CN1. The smallest absolute Gasteiger partial charge is 0.122 e. The van der Waals surface area contributed by atoms with Crippen molar-refractivity contribution < 1.29 is 10.2 Å². The van der Waals surface area contributed by atoms with E-state index in [1.807, 2.05) is 0 Å². The Morgan fingerprint density at radius 1 is 1.42 bits per heavy atom. The summed E-state index contributed by atoms with van der Waals surface area (Å²) in [5.74, 6) is 2.26. The van der Waals surface area contributed by atoms with Crippen molar-refractivity contribution in [2.24, 2.45) is 22.7 Å². The Bertz CT molecular complexity index is 205. The van der Waals surface area contributed by atoms with Crippen molar-refractivity contribution in [2.45, 2.75) is 0 Å². The van der Waals surface area contributed by atoms with E-state index in [-0.39, 0.29) is 13.2 Å². The van der Waals surface area contributed by atoms with Crippen molar-refractivity contribution >= 4 is 5.84 Å². The van der Waals surface area contributed by atoms with Crippen LogP contribution < -0.4 is 5.32 Å². The van der Waals surface area contributed by atoms with Crippen molar-refractivity contribution in [3.8, 4) is 0 Å². The Kier molecular flexibility index (Phi) is 2.02. The van der Waals surface area contributed by atoms with Crippen molar-refractivity contribution in [3.05, 3.63) is 0 Å². The molecule has 3 N–H and O–H groups in total. The van der Waals surface area contributed by atoms with E-state index in [2.05, 4.69) is 10.3 Å². The van der Waals surface area contributed by atoms with Crippen LogP contribution in [0, 0.1) is 17.8 Å². The fraction of sp³-hybridized carbons (Fsp3) is 0.875. The average molecular weight is 170 g/mol. The lowest BCUT2D eigenvalue weighted by Gasteiger charge is -2.04. The molecule has 2 aliphatic rings. The molecular weight excluding hydrogens is 156 g/mol. The van der Waals surface area contributed by atoms with Gasteiger partial charge in [-0.1, -0.05) is 0 Å². The van der Waals surface area contributed by atoms with Gasteiger partial charge in [0.25, 0.3) is 0 Å². The summed E-state index contributed by atoms with van der Waals surface area (Å²) in [5, 5.41) is 20.8. The van der Waals surface area contributed by atoms with Gasteiger partial charge in [0.05, 0.1) is 0 Å². The van der Waals surface area contributed by atoms with Crippen LogP contribution in [0.25, 0.3) is 0 Å². The van der Waals surface area contributed by atoms with E-state index in [9.17, 15) is 0 Å². The maximum Gasteiger partial charge on any atom is 0.122 e. The zero-order valence-electron chi connectivity index (χ0n) is 6.90. The van der Waals surface area contributed by atoms with Crippen LogP contribution in [0.3, 0.4) is 0 Å². The van der Waals surface area contributed by atoms with Gasteiger partial charge in [0, 0.05) is 19.7 Å². The molecular formula is C8H14N2O2. The highest BCUT2D eigenvalue weighted by Gasteiger charge is 2.49. The second-order valence-corrected chi connectivity index (χ2v) is 3.50. The third kappa shape index (κ3) is 1.21. The Labute approximate surface area is 71.3 Å². The number of aliphatic hydroxyl groups excluding tert-OH is 2. The van der Waals surface area contributed by atoms with Gasteiger partial charge < -0.3 is 15.5 Å². The first kappa shape index (κ1) is 8.01. The van der Waals surface area contributed by atoms with Crippen LogP contribution >= 0.6 is 0 Å². The molecule has 1 fully saturated rings. The van der Waals surface area contributed by atoms with Gasteiger partial charge in [-0.25, -0.2) is 0 Å². The summed E-state index contributed by atoms with van der Waals surface area (Å²) in [5.41, 5.74) is 0. The third-order valence-electron chi connectivity index (χ3n) is 2.90. The number of fused-ring (bicyclic) bond motifs is 1. The summed E-state index contributed by atoms with van der Waals surface area (Å²) < 4.78 is 0. The third-order valence-corrected chi connectivity index (χ3v) is 2.90. The van der Waals surface area contributed by atoms with E-state index in [0.717, 1.165) is 13.1 Å². The van der Waals surface area contributed by atoms with Gasteiger partial charge in [0.1, 0.15) is 12.4 Å². The number of hydrogen-bond acceptors (Lipinski definition) is 4. The molecule has 0 amide bonds. The molecule has 3 atom stereocenters. The van der Waals surface area contributed by atoms with Crippen LogP contribution in [0.4, 0.5) is 0 Å². The normalized spacial score (nSPS) is 39.2. The summed E-state index contributed by atoms with van der Waals surface area (Å²) >= 11 is 0. The molecule has 2 rings (SSSR count). The molecule has 1 heterocycles. The largest absolute Gasteiger partial charge is 0.396 e. The van der Waals surface area contributed by atoms with Crippen molar-refractivity contribution in [3.63, 3.8) is 0 Å². The molecule has 12 heavy (non-hydrogen) atoms. The molecule has 0 aromatic rings. The molecule has 0 radical (unpaired) electrons. The molecule has 0 aromatic carbocycles. The number of hydrogen-bond donors (Lipinski definition) is 3. The number of aliphatic imine (C=N–C) groups is 1. The first-order chi connectivity index (χ1) is 5.86. The first-order valence-electron chi connectivity index (χ1n) is 4.35. The van der Waals surface area contributed by atoms with E-state index in [1.54, 1.807) is 0 Å². The lowest BCUT2D eigenvalue weighted by Crippen LogP contribution is -2.28. The molecule has 4 nitrogen and oxygen atoms in total. The van der Waals surface area contributed by atoms with Crippen LogP contribution in [0.15, 0.2) is 4.99 Å². The lowest BCUT2D eigenvalue weighted by atomic mass is 10.3. The van der Waals surface area contributed by atoms with Crippen molar-refractivity contribution in [2.75, 3.05) is 26.3 Å². The van der Waals surface area contributed by atoms with Gasteiger partial charge in [-0.05, 0) is 17.8 Å². The van der Waals surface area contributed by atoms with Gasteiger partial charge in [-0.2, -0.15) is 0 Å². The maximum absolute atomic E-state index is 8.93. The Morgan fingerprint density at radius 2 is 2.25 bits per heavy atom. The fourth-order valence-corrected chi connectivity index (χ4v) is 1.98. The van der Waals surface area contributed by atoms with Crippen LogP contribution in [0.1, 0.15) is 0 Å². The first-order valence-corrected chi connectivity index (χ1v) is 4.35. The predicted molar refractivity (Wildman–Crippen MR) is 44.9 cm³/mol. The van der Waals surface area contributed by atoms with E-state index < -0.39 is 0 Å². The van der Waals surface area contributed by atoms with E-state index in [0.29, 0.717) is 23.6 Å². The van der Waals surface area contributed by atoms with Gasteiger partial charge in [-0.3, -0.25) is 4.99 Å². The van der Waals surface area contributed by atoms with Gasteiger partial charge >= 0.3 is 0 Å². The summed E-state index contributed by atoms with van der Waals surface area (Å²) in [7, 11) is 0. The summed E-state index contributed by atoms with van der Waals surface area (Å²) in [4.78, 5) is 4.21. The standard InChI is InChI=1S/C8H14N2O2/c11-3-7-5-1-9-8(4-12)10-2-6(5)7/h5-7,11-12H,1-4H2,(H,9,10)/t5-,6+,7-. The zero-order valence-corrected chi connectivity index (χ0v) is 6.90. The molecule has 0 saturated heterocycles. The molecule has 4 heteroatoms. The minimum atomic E-state index is 0.00321. The van der Waals surface area contributed by atoms with Crippen molar-refractivity contribution in [1.82, 2.24) is 5.32 Å². The van der Waals surface area contributed by atoms with E-state index in [1.165, 1.54) is 0 Å². The number of amidine groups is 1. The van der Waals surface area contributed by atoms with Crippen LogP contribution in [0.2, 0.25) is 0 Å². The second-order valence-electron chi connectivity index (χ2n) is 3.50. The highest BCUT2D eigenvalue weighted by atomic mass is 16.3. The van der Waals surface area contributed by atoms with Gasteiger partial charge in [0.2, 0.25) is 0 Å². The Morgan fingerprint density at radius 3 is 2.92 bits per heavy atom. The number of nitrogens with zero attached hydrogens (tertiary/aromatic N) is 1. The van der Waals surface area contributed by atoms with E-state index in [4.69, 9.17) is 10.2 Å². The monoisotopic (exact) mass is 170 g/mol. The van der Waals surface area contributed by atoms with Crippen LogP contribution in [-0.2, 0) is 0 Å².